The number of nitrogens with two attached hydrogens (primary N) is 1. The fourth-order valence-electron chi connectivity index (χ4n) is 3.86. The summed E-state index contributed by atoms with van der Waals surface area (Å²) < 4.78 is 7.28. The molecule has 1 saturated heterocycles. The fourth-order valence-corrected chi connectivity index (χ4v) is 4.61. The summed E-state index contributed by atoms with van der Waals surface area (Å²) in [6, 6.07) is 3.78. The van der Waals surface area contributed by atoms with Crippen molar-refractivity contribution < 1.29 is 19.1 Å². The van der Waals surface area contributed by atoms with E-state index in [1.807, 2.05) is 17.5 Å². The van der Waals surface area contributed by atoms with E-state index in [1.165, 1.54) is 20.9 Å². The monoisotopic (exact) mass is 459 g/mol. The van der Waals surface area contributed by atoms with Crippen LogP contribution in [0.5, 0.6) is 0 Å². The van der Waals surface area contributed by atoms with Crippen LogP contribution >= 0.6 is 11.3 Å². The average molecular weight is 460 g/mol. The molecule has 0 aliphatic carbocycles. The van der Waals surface area contributed by atoms with Crippen molar-refractivity contribution in [2.45, 2.75) is 44.4 Å². The van der Waals surface area contributed by atoms with E-state index in [-0.39, 0.29) is 12.0 Å². The number of ether oxygens (including phenoxy) is 1. The van der Waals surface area contributed by atoms with Crippen LogP contribution in [-0.4, -0.2) is 63.7 Å². The van der Waals surface area contributed by atoms with Crippen LogP contribution in [0.2, 0.25) is 0 Å². The maximum absolute atomic E-state index is 13.3. The Morgan fingerprint density at radius 2 is 2.25 bits per heavy atom. The predicted molar refractivity (Wildman–Crippen MR) is 121 cm³/mol. The number of carbonyl (C=O) groups excluding carboxylic acids is 3. The van der Waals surface area contributed by atoms with Crippen molar-refractivity contribution in [3.05, 3.63) is 52.5 Å². The van der Waals surface area contributed by atoms with Gasteiger partial charge in [-0.3, -0.25) is 19.1 Å². The zero-order chi connectivity index (χ0) is 23.3. The van der Waals surface area contributed by atoms with Crippen LogP contribution in [0.4, 0.5) is 0 Å². The van der Waals surface area contributed by atoms with E-state index in [1.54, 1.807) is 26.1 Å². The molecular weight excluding hydrogens is 430 g/mol. The Balaban J connectivity index is 1.80. The minimum atomic E-state index is -0.869. The van der Waals surface area contributed by atoms with Crippen LogP contribution in [0.15, 0.2) is 36.2 Å². The van der Waals surface area contributed by atoms with Gasteiger partial charge in [0.2, 0.25) is 11.8 Å². The third-order valence-corrected chi connectivity index (χ3v) is 6.33. The molecule has 2 aromatic heterocycles. The molecule has 0 aromatic carbocycles. The largest absolute Gasteiger partial charge is 0.374 e. The summed E-state index contributed by atoms with van der Waals surface area (Å²) in [5.41, 5.74) is 6.67. The molecular formula is C22H29N5O4S. The van der Waals surface area contributed by atoms with Crippen molar-refractivity contribution in [2.75, 3.05) is 13.2 Å². The van der Waals surface area contributed by atoms with E-state index >= 15 is 0 Å². The number of amides is 3. The van der Waals surface area contributed by atoms with Gasteiger partial charge in [0.05, 0.1) is 18.4 Å². The molecule has 1 aliphatic heterocycles. The van der Waals surface area contributed by atoms with E-state index in [9.17, 15) is 14.4 Å². The molecule has 172 valence electrons. The lowest BCUT2D eigenvalue weighted by Gasteiger charge is -2.38. The SMILES string of the molecule is C=CCOC1CCN(C(=O)c2cc(C)nn2C)C(C(=O)NC(Cc2cccs2)C(N)=O)C1. The number of hydrogen-bond acceptors (Lipinski definition) is 6. The summed E-state index contributed by atoms with van der Waals surface area (Å²) in [6.07, 6.45) is 2.65. The molecule has 3 atom stereocenters. The Morgan fingerprint density at radius 1 is 1.47 bits per heavy atom. The van der Waals surface area contributed by atoms with Crippen LogP contribution in [0, 0.1) is 6.92 Å². The standard InChI is InChI=1S/C22H29N5O4S/c1-4-9-31-15-7-8-27(22(30)19-11-14(2)25-26(19)3)18(12-15)21(29)24-17(20(23)28)13-16-6-5-10-32-16/h4-6,10-11,15,17-18H,1,7-9,12-13H2,2-3H3,(H2,23,28)(H,24,29). The lowest BCUT2D eigenvalue weighted by molar-refractivity contribution is -0.132. The molecule has 3 heterocycles. The van der Waals surface area contributed by atoms with Crippen molar-refractivity contribution in [3.63, 3.8) is 0 Å². The topological polar surface area (TPSA) is 120 Å². The molecule has 0 radical (unpaired) electrons. The number of nitrogens with zero attached hydrogens (tertiary/aromatic N) is 3. The van der Waals surface area contributed by atoms with Crippen molar-refractivity contribution in [3.8, 4) is 0 Å². The van der Waals surface area contributed by atoms with Crippen LogP contribution in [0.25, 0.3) is 0 Å². The summed E-state index contributed by atoms with van der Waals surface area (Å²) in [5.74, 6) is -1.34. The average Bonchev–Trinajstić information content (AvgIpc) is 3.39. The minimum absolute atomic E-state index is 0.203. The Labute approximate surface area is 191 Å². The first-order chi connectivity index (χ1) is 15.3. The molecule has 1 aliphatic rings. The van der Waals surface area contributed by atoms with Crippen LogP contribution in [0.3, 0.4) is 0 Å². The third kappa shape index (κ3) is 5.63. The molecule has 1 fully saturated rings. The molecule has 3 rings (SSSR count). The minimum Gasteiger partial charge on any atom is -0.374 e. The second-order valence-electron chi connectivity index (χ2n) is 7.82. The number of aryl methyl sites for hydroxylation is 2. The van der Waals surface area contributed by atoms with Gasteiger partial charge in [-0.25, -0.2) is 0 Å². The zero-order valence-electron chi connectivity index (χ0n) is 18.3. The highest BCUT2D eigenvalue weighted by atomic mass is 32.1. The van der Waals surface area contributed by atoms with E-state index in [4.69, 9.17) is 10.5 Å². The molecule has 10 heteroatoms. The van der Waals surface area contributed by atoms with Gasteiger partial charge in [-0.2, -0.15) is 5.10 Å². The predicted octanol–water partition coefficient (Wildman–Crippen LogP) is 1.18. The van der Waals surface area contributed by atoms with Crippen LogP contribution in [-0.2, 0) is 27.8 Å². The van der Waals surface area contributed by atoms with E-state index in [0.717, 1.165) is 4.88 Å². The van der Waals surface area contributed by atoms with Gasteiger partial charge in [0.25, 0.3) is 5.91 Å². The second kappa shape index (κ2) is 10.6. The summed E-state index contributed by atoms with van der Waals surface area (Å²) >= 11 is 1.48. The first-order valence-corrected chi connectivity index (χ1v) is 11.3. The van der Waals surface area contributed by atoms with Crippen molar-refractivity contribution in [1.82, 2.24) is 20.0 Å². The molecule has 0 spiro atoms. The lowest BCUT2D eigenvalue weighted by Crippen LogP contribution is -2.58. The van der Waals surface area contributed by atoms with Gasteiger partial charge in [-0.15, -0.1) is 17.9 Å². The van der Waals surface area contributed by atoms with Gasteiger partial charge in [0.15, 0.2) is 0 Å². The number of likely N-dealkylation sites (tertiary alicyclic amines) is 1. The molecule has 3 unspecified atom stereocenters. The number of primary amides is 1. The number of hydrogen-bond donors (Lipinski definition) is 2. The molecule has 0 saturated carbocycles. The van der Waals surface area contributed by atoms with Gasteiger partial charge in [-0.05, 0) is 30.9 Å². The summed E-state index contributed by atoms with van der Waals surface area (Å²) in [5, 5.41) is 8.89. The maximum Gasteiger partial charge on any atom is 0.272 e. The number of thiophene rings is 1. The molecule has 2 aromatic rings. The normalized spacial score (nSPS) is 19.4. The van der Waals surface area contributed by atoms with Gasteiger partial charge in [0.1, 0.15) is 17.8 Å². The lowest BCUT2D eigenvalue weighted by atomic mass is 9.97. The fraction of sp³-hybridized carbons (Fsp3) is 0.455. The molecule has 3 amide bonds. The Morgan fingerprint density at radius 3 is 2.84 bits per heavy atom. The highest BCUT2D eigenvalue weighted by molar-refractivity contribution is 7.09. The summed E-state index contributed by atoms with van der Waals surface area (Å²) in [4.78, 5) is 41.1. The maximum atomic E-state index is 13.3. The number of piperidine rings is 1. The van der Waals surface area contributed by atoms with Crippen LogP contribution in [0.1, 0.15) is 33.9 Å². The first kappa shape index (κ1) is 23.7. The quantitative estimate of drug-likeness (QED) is 0.546. The molecule has 3 N–H and O–H groups in total. The summed E-state index contributed by atoms with van der Waals surface area (Å²) in [7, 11) is 1.69. The van der Waals surface area contributed by atoms with E-state index in [2.05, 4.69) is 17.0 Å². The number of nitrogens with one attached hydrogen (secondary N) is 1. The smallest absolute Gasteiger partial charge is 0.272 e. The molecule has 0 bridgehead atoms. The highest BCUT2D eigenvalue weighted by Crippen LogP contribution is 2.23. The Bertz CT molecular complexity index is 971. The first-order valence-electron chi connectivity index (χ1n) is 10.5. The third-order valence-electron chi connectivity index (χ3n) is 5.43. The van der Waals surface area contributed by atoms with Crippen molar-refractivity contribution >= 4 is 29.1 Å². The van der Waals surface area contributed by atoms with E-state index in [0.29, 0.717) is 43.8 Å². The zero-order valence-corrected chi connectivity index (χ0v) is 19.1. The van der Waals surface area contributed by atoms with Crippen molar-refractivity contribution in [2.24, 2.45) is 12.8 Å². The van der Waals surface area contributed by atoms with Gasteiger partial charge >= 0.3 is 0 Å². The van der Waals surface area contributed by atoms with E-state index < -0.39 is 23.9 Å². The molecule has 32 heavy (non-hydrogen) atoms. The number of rotatable bonds is 9. The highest BCUT2D eigenvalue weighted by Gasteiger charge is 2.39. The summed E-state index contributed by atoms with van der Waals surface area (Å²) in [6.45, 7) is 6.16. The number of aromatic nitrogens is 2. The Kier molecular flexibility index (Phi) is 7.81. The molecule has 9 nitrogen and oxygen atoms in total. The van der Waals surface area contributed by atoms with Gasteiger partial charge in [-0.1, -0.05) is 12.1 Å². The number of carbonyl (C=O) groups is 3. The second-order valence-corrected chi connectivity index (χ2v) is 8.86. The van der Waals surface area contributed by atoms with Crippen LogP contribution < -0.4 is 11.1 Å². The van der Waals surface area contributed by atoms with Gasteiger partial charge in [0, 0.05) is 31.3 Å². The Hall–Kier alpha value is -2.98. The van der Waals surface area contributed by atoms with Gasteiger partial charge < -0.3 is 20.7 Å². The van der Waals surface area contributed by atoms with Crippen molar-refractivity contribution in [1.29, 1.82) is 0 Å².